The minimum absolute atomic E-state index is 0.176. The predicted molar refractivity (Wildman–Crippen MR) is 97.9 cm³/mol. The molecule has 0 aliphatic heterocycles. The first-order valence-corrected chi connectivity index (χ1v) is 10.9. The SMILES string of the molecule is C=CC(C)(O[Si](C)(C)C(C)(C)C)C(C)Cc1ccc(O)cc1. The summed E-state index contributed by atoms with van der Waals surface area (Å²) in [5.41, 5.74) is 0.859. The van der Waals surface area contributed by atoms with Gasteiger partial charge in [0.25, 0.3) is 0 Å². The number of phenolic OH excluding ortho intramolecular Hbond substituents is 1. The number of rotatable bonds is 6. The summed E-state index contributed by atoms with van der Waals surface area (Å²) in [6, 6.07) is 7.42. The van der Waals surface area contributed by atoms with Crippen molar-refractivity contribution in [3.63, 3.8) is 0 Å². The summed E-state index contributed by atoms with van der Waals surface area (Å²) in [7, 11) is -1.86. The summed E-state index contributed by atoms with van der Waals surface area (Å²) in [5.74, 6) is 0.615. The Morgan fingerprint density at radius 2 is 1.68 bits per heavy atom. The Bertz CT molecular complexity index is 499. The van der Waals surface area contributed by atoms with Crippen molar-refractivity contribution in [2.45, 2.75) is 64.8 Å². The van der Waals surface area contributed by atoms with Gasteiger partial charge in [-0.25, -0.2) is 0 Å². The average Bonchev–Trinajstić information content (AvgIpc) is 2.39. The van der Waals surface area contributed by atoms with Gasteiger partial charge in [-0.3, -0.25) is 0 Å². The van der Waals surface area contributed by atoms with E-state index in [9.17, 15) is 5.11 Å². The molecule has 0 aromatic heterocycles. The van der Waals surface area contributed by atoms with Crippen molar-refractivity contribution in [2.24, 2.45) is 5.92 Å². The fraction of sp³-hybridized carbons (Fsp3) is 0.579. The Balaban J connectivity index is 2.92. The van der Waals surface area contributed by atoms with Crippen LogP contribution in [0.4, 0.5) is 0 Å². The van der Waals surface area contributed by atoms with Crippen LogP contribution in [0.5, 0.6) is 5.75 Å². The minimum Gasteiger partial charge on any atom is -0.508 e. The van der Waals surface area contributed by atoms with Crippen molar-refractivity contribution in [3.05, 3.63) is 42.5 Å². The zero-order chi connectivity index (χ0) is 17.2. The van der Waals surface area contributed by atoms with E-state index in [4.69, 9.17) is 4.43 Å². The highest BCUT2D eigenvalue weighted by atomic mass is 28.4. The summed E-state index contributed by atoms with van der Waals surface area (Å²) in [6.45, 7) is 19.7. The van der Waals surface area contributed by atoms with Crippen LogP contribution in [0.2, 0.25) is 18.1 Å². The zero-order valence-electron chi connectivity index (χ0n) is 15.2. The third kappa shape index (κ3) is 4.47. The van der Waals surface area contributed by atoms with Crippen LogP contribution in [0.3, 0.4) is 0 Å². The smallest absolute Gasteiger partial charge is 0.193 e. The van der Waals surface area contributed by atoms with Gasteiger partial charge in [0.2, 0.25) is 0 Å². The Labute approximate surface area is 137 Å². The Hall–Kier alpha value is -1.06. The van der Waals surface area contributed by atoms with Gasteiger partial charge >= 0.3 is 0 Å². The lowest BCUT2D eigenvalue weighted by molar-refractivity contribution is 0.0661. The van der Waals surface area contributed by atoms with Gasteiger partial charge in [-0.1, -0.05) is 45.9 Å². The molecule has 22 heavy (non-hydrogen) atoms. The normalized spacial score (nSPS) is 16.9. The molecule has 0 spiro atoms. The number of hydrogen-bond acceptors (Lipinski definition) is 2. The highest BCUT2D eigenvalue weighted by molar-refractivity contribution is 6.74. The number of aromatic hydroxyl groups is 1. The highest BCUT2D eigenvalue weighted by Gasteiger charge is 2.43. The average molecular weight is 321 g/mol. The van der Waals surface area contributed by atoms with Crippen LogP contribution in [0.1, 0.15) is 40.2 Å². The van der Waals surface area contributed by atoms with Crippen LogP contribution >= 0.6 is 0 Å². The molecule has 2 atom stereocenters. The minimum atomic E-state index is -1.86. The van der Waals surface area contributed by atoms with Crippen molar-refractivity contribution in [3.8, 4) is 5.75 Å². The van der Waals surface area contributed by atoms with Gasteiger partial charge in [-0.2, -0.15) is 0 Å². The van der Waals surface area contributed by atoms with Crippen molar-refractivity contribution in [2.75, 3.05) is 0 Å². The molecular formula is C19H32O2Si. The van der Waals surface area contributed by atoms with Gasteiger partial charge in [0, 0.05) is 0 Å². The maximum absolute atomic E-state index is 9.40. The third-order valence-corrected chi connectivity index (χ3v) is 9.71. The standard InChI is InChI=1S/C19H32O2Si/c1-9-19(6,21-22(7,8)18(3,4)5)15(2)14-16-10-12-17(20)13-11-16/h9-13,15,20H,1,14H2,2-8H3. The zero-order valence-corrected chi connectivity index (χ0v) is 16.2. The summed E-state index contributed by atoms with van der Waals surface area (Å²) >= 11 is 0. The molecule has 0 amide bonds. The van der Waals surface area contributed by atoms with Gasteiger partial charge in [0.1, 0.15) is 5.75 Å². The molecule has 1 N–H and O–H groups in total. The molecule has 0 radical (unpaired) electrons. The highest BCUT2D eigenvalue weighted by Crippen LogP contribution is 2.41. The van der Waals surface area contributed by atoms with E-state index in [0.29, 0.717) is 11.7 Å². The Morgan fingerprint density at radius 1 is 1.18 bits per heavy atom. The monoisotopic (exact) mass is 320 g/mol. The molecule has 1 rings (SSSR count). The van der Waals surface area contributed by atoms with Crippen LogP contribution in [-0.4, -0.2) is 19.0 Å². The van der Waals surface area contributed by atoms with E-state index in [2.05, 4.69) is 54.3 Å². The summed E-state index contributed by atoms with van der Waals surface area (Å²) < 4.78 is 6.67. The van der Waals surface area contributed by atoms with Crippen LogP contribution in [0.25, 0.3) is 0 Å². The maximum atomic E-state index is 9.40. The molecule has 0 saturated heterocycles. The van der Waals surface area contributed by atoms with Gasteiger partial charge in [-0.15, -0.1) is 6.58 Å². The third-order valence-electron chi connectivity index (χ3n) is 5.14. The summed E-state index contributed by atoms with van der Waals surface area (Å²) in [4.78, 5) is 0. The molecule has 1 aromatic carbocycles. The van der Waals surface area contributed by atoms with Crippen molar-refractivity contribution in [1.29, 1.82) is 0 Å². The fourth-order valence-corrected chi connectivity index (χ4v) is 3.92. The molecule has 1 aromatic rings. The lowest BCUT2D eigenvalue weighted by Gasteiger charge is -2.45. The molecule has 0 aliphatic carbocycles. The molecule has 0 bridgehead atoms. The van der Waals surface area contributed by atoms with Crippen LogP contribution < -0.4 is 0 Å². The van der Waals surface area contributed by atoms with Gasteiger partial charge in [0.05, 0.1) is 5.60 Å². The van der Waals surface area contributed by atoms with E-state index in [0.717, 1.165) is 6.42 Å². The quantitative estimate of drug-likeness (QED) is 0.551. The predicted octanol–water partition coefficient (Wildman–Crippen LogP) is 5.54. The first kappa shape index (κ1) is 19.0. The van der Waals surface area contributed by atoms with Crippen LogP contribution in [-0.2, 0) is 10.8 Å². The van der Waals surface area contributed by atoms with E-state index < -0.39 is 8.32 Å². The first-order chi connectivity index (χ1) is 9.91. The second kappa shape index (κ2) is 6.59. The lowest BCUT2D eigenvalue weighted by Crippen LogP contribution is -2.50. The number of phenols is 1. The first-order valence-electron chi connectivity index (χ1n) is 8.03. The largest absolute Gasteiger partial charge is 0.508 e. The topological polar surface area (TPSA) is 29.5 Å². The second-order valence-corrected chi connectivity index (χ2v) is 12.7. The van der Waals surface area contributed by atoms with Gasteiger partial charge < -0.3 is 9.53 Å². The number of benzene rings is 1. The molecule has 0 saturated carbocycles. The lowest BCUT2D eigenvalue weighted by atomic mass is 9.86. The molecule has 2 unspecified atom stereocenters. The molecule has 0 aliphatic rings. The molecular weight excluding hydrogens is 288 g/mol. The Morgan fingerprint density at radius 3 is 2.09 bits per heavy atom. The molecule has 124 valence electrons. The maximum Gasteiger partial charge on any atom is 0.193 e. The molecule has 2 nitrogen and oxygen atoms in total. The van der Waals surface area contributed by atoms with Gasteiger partial charge in [-0.05, 0) is 55.1 Å². The van der Waals surface area contributed by atoms with E-state index >= 15 is 0 Å². The van der Waals surface area contributed by atoms with E-state index in [1.807, 2.05) is 18.2 Å². The summed E-state index contributed by atoms with van der Waals surface area (Å²) in [5, 5.41) is 9.58. The molecule has 0 heterocycles. The second-order valence-electron chi connectivity index (χ2n) is 8.02. The fourth-order valence-electron chi connectivity index (χ4n) is 2.23. The van der Waals surface area contributed by atoms with Crippen LogP contribution in [0, 0.1) is 5.92 Å². The van der Waals surface area contributed by atoms with E-state index in [-0.39, 0.29) is 10.6 Å². The van der Waals surface area contributed by atoms with Crippen molar-refractivity contribution < 1.29 is 9.53 Å². The molecule has 3 heteroatoms. The van der Waals surface area contributed by atoms with E-state index in [1.165, 1.54) is 5.56 Å². The van der Waals surface area contributed by atoms with Gasteiger partial charge in [0.15, 0.2) is 8.32 Å². The number of hydrogen-bond donors (Lipinski definition) is 1. The molecule has 0 fully saturated rings. The van der Waals surface area contributed by atoms with Crippen molar-refractivity contribution in [1.82, 2.24) is 0 Å². The van der Waals surface area contributed by atoms with E-state index in [1.54, 1.807) is 12.1 Å². The van der Waals surface area contributed by atoms with Crippen LogP contribution in [0.15, 0.2) is 36.9 Å². The summed E-state index contributed by atoms with van der Waals surface area (Å²) in [6.07, 6.45) is 2.86. The Kier molecular flexibility index (Phi) is 5.69. The van der Waals surface area contributed by atoms with Crippen molar-refractivity contribution >= 4 is 8.32 Å².